The first kappa shape index (κ1) is 20.0. The van der Waals surface area contributed by atoms with E-state index in [1.807, 2.05) is 6.92 Å². The molecule has 10 heteroatoms. The van der Waals surface area contributed by atoms with Gasteiger partial charge in [-0.05, 0) is 18.6 Å². The lowest BCUT2D eigenvalue weighted by Gasteiger charge is -2.23. The van der Waals surface area contributed by atoms with Crippen molar-refractivity contribution in [2.75, 3.05) is 31.3 Å². The summed E-state index contributed by atoms with van der Waals surface area (Å²) in [5, 5.41) is 0. The highest BCUT2D eigenvalue weighted by molar-refractivity contribution is 6.00. The summed E-state index contributed by atoms with van der Waals surface area (Å²) in [4.78, 5) is 53.3. The van der Waals surface area contributed by atoms with E-state index in [0.717, 1.165) is 16.2 Å². The number of carbonyl (C=O) groups excluding carboxylic acids is 2. The molecule has 0 aliphatic carbocycles. The van der Waals surface area contributed by atoms with Gasteiger partial charge in [-0.15, -0.1) is 0 Å². The van der Waals surface area contributed by atoms with Crippen LogP contribution in [0.1, 0.15) is 30.3 Å². The van der Waals surface area contributed by atoms with Crippen LogP contribution in [0.25, 0.3) is 0 Å². The molecular weight excluding hydrogens is 354 g/mol. The van der Waals surface area contributed by atoms with E-state index in [4.69, 9.17) is 10.2 Å². The number of amides is 2. The van der Waals surface area contributed by atoms with Gasteiger partial charge in [0.25, 0.3) is 11.5 Å². The fraction of sp³-hybridized carbons (Fsp3) is 0.412. The van der Waals surface area contributed by atoms with Crippen molar-refractivity contribution in [2.24, 2.45) is 0 Å². The van der Waals surface area contributed by atoms with Gasteiger partial charge in [0.15, 0.2) is 11.4 Å². The number of H-pyrrole nitrogens is 1. The summed E-state index contributed by atoms with van der Waals surface area (Å²) in [6, 6.07) is 3.05. The van der Waals surface area contributed by atoms with Crippen LogP contribution in [0.5, 0.6) is 0 Å². The first-order valence-electron chi connectivity index (χ1n) is 8.46. The van der Waals surface area contributed by atoms with Crippen LogP contribution in [-0.4, -0.2) is 46.9 Å². The van der Waals surface area contributed by atoms with Crippen molar-refractivity contribution in [2.45, 2.75) is 26.3 Å². The number of nitrogen functional groups attached to an aromatic ring is 1. The molecule has 27 heavy (non-hydrogen) atoms. The number of aromatic nitrogens is 2. The average molecular weight is 377 g/mol. The number of aromatic amines is 1. The maximum Gasteiger partial charge on any atom is 0.330 e. The Hall–Kier alpha value is -3.30. The molecule has 0 unspecified atom stereocenters. The first-order chi connectivity index (χ1) is 12.8. The summed E-state index contributed by atoms with van der Waals surface area (Å²) in [7, 11) is 2.80. The van der Waals surface area contributed by atoms with Gasteiger partial charge < -0.3 is 20.0 Å². The number of anilines is 2. The minimum Gasteiger partial charge on any atom is -0.459 e. The average Bonchev–Trinajstić information content (AvgIpc) is 3.14. The van der Waals surface area contributed by atoms with Gasteiger partial charge in [-0.3, -0.25) is 23.9 Å². The minimum absolute atomic E-state index is 0.0898. The molecule has 10 nitrogen and oxygen atoms in total. The number of hydrogen-bond donors (Lipinski definition) is 2. The van der Waals surface area contributed by atoms with Crippen molar-refractivity contribution in [3.05, 3.63) is 45.0 Å². The molecule has 0 spiro atoms. The summed E-state index contributed by atoms with van der Waals surface area (Å²) in [6.45, 7) is 1.97. The van der Waals surface area contributed by atoms with Gasteiger partial charge in [-0.2, -0.15) is 0 Å². The zero-order chi connectivity index (χ0) is 20.1. The molecule has 0 bridgehead atoms. The Morgan fingerprint density at radius 1 is 1.30 bits per heavy atom. The van der Waals surface area contributed by atoms with Crippen LogP contribution < -0.4 is 21.9 Å². The van der Waals surface area contributed by atoms with Gasteiger partial charge in [0, 0.05) is 20.6 Å². The van der Waals surface area contributed by atoms with Gasteiger partial charge in [-0.25, -0.2) is 4.79 Å². The van der Waals surface area contributed by atoms with Crippen LogP contribution in [0.15, 0.2) is 32.4 Å². The second-order valence-corrected chi connectivity index (χ2v) is 6.09. The lowest BCUT2D eigenvalue weighted by molar-refractivity contribution is -0.118. The molecule has 0 radical (unpaired) electrons. The Labute approximate surface area is 155 Å². The van der Waals surface area contributed by atoms with Crippen molar-refractivity contribution in [1.29, 1.82) is 0 Å². The van der Waals surface area contributed by atoms with E-state index in [2.05, 4.69) is 4.98 Å². The van der Waals surface area contributed by atoms with Crippen molar-refractivity contribution in [1.82, 2.24) is 14.5 Å². The summed E-state index contributed by atoms with van der Waals surface area (Å²) in [6.07, 6.45) is 2.87. The van der Waals surface area contributed by atoms with Crippen molar-refractivity contribution in [3.8, 4) is 0 Å². The van der Waals surface area contributed by atoms with E-state index in [9.17, 15) is 19.2 Å². The molecule has 0 saturated carbocycles. The van der Waals surface area contributed by atoms with Gasteiger partial charge in [0.05, 0.1) is 6.26 Å². The maximum absolute atomic E-state index is 12.5. The molecule has 3 N–H and O–H groups in total. The Morgan fingerprint density at radius 3 is 2.59 bits per heavy atom. The predicted molar refractivity (Wildman–Crippen MR) is 99.7 cm³/mol. The van der Waals surface area contributed by atoms with Crippen LogP contribution in [0.3, 0.4) is 0 Å². The topological polar surface area (TPSA) is 135 Å². The lowest BCUT2D eigenvalue weighted by atomic mass is 10.3. The zero-order valence-corrected chi connectivity index (χ0v) is 15.5. The van der Waals surface area contributed by atoms with Crippen LogP contribution in [0.2, 0.25) is 0 Å². The molecule has 0 aliphatic rings. The van der Waals surface area contributed by atoms with Crippen LogP contribution in [0, 0.1) is 0 Å². The van der Waals surface area contributed by atoms with Crippen molar-refractivity contribution < 1.29 is 14.0 Å². The highest BCUT2D eigenvalue weighted by atomic mass is 16.3. The molecule has 0 aromatic carbocycles. The molecule has 2 amide bonds. The van der Waals surface area contributed by atoms with Crippen LogP contribution in [-0.2, 0) is 11.3 Å². The zero-order valence-electron chi connectivity index (χ0n) is 15.5. The number of rotatable bonds is 7. The maximum atomic E-state index is 12.5. The first-order valence-corrected chi connectivity index (χ1v) is 8.46. The molecule has 2 aromatic heterocycles. The monoisotopic (exact) mass is 377 g/mol. The van der Waals surface area contributed by atoms with Gasteiger partial charge in [-0.1, -0.05) is 13.3 Å². The van der Waals surface area contributed by atoms with Gasteiger partial charge in [0.2, 0.25) is 5.91 Å². The molecule has 2 rings (SSSR count). The highest BCUT2D eigenvalue weighted by Gasteiger charge is 2.24. The van der Waals surface area contributed by atoms with E-state index in [1.165, 1.54) is 31.0 Å². The number of nitrogens with one attached hydrogen (secondary N) is 1. The standard InChI is InChI=1S/C17H23N5O5/c1-4-5-8-22-14(18)13(15(24)19-17(22)26)21(3)12(23)10-20(2)16(25)11-7-6-9-27-11/h6-7,9H,4-5,8,10,18H2,1-3H3,(H,19,24,26). The molecule has 0 fully saturated rings. The summed E-state index contributed by atoms with van der Waals surface area (Å²) < 4.78 is 6.24. The number of hydrogen-bond acceptors (Lipinski definition) is 6. The number of likely N-dealkylation sites (N-methyl/N-ethyl adjacent to an activating group) is 2. The SMILES string of the molecule is CCCCn1c(N)c(N(C)C(=O)CN(C)C(=O)c2ccco2)c(=O)[nH]c1=O. The molecule has 146 valence electrons. The molecule has 0 aliphatic heterocycles. The molecule has 0 saturated heterocycles. The van der Waals surface area contributed by atoms with Gasteiger partial charge >= 0.3 is 5.69 Å². The Balaban J connectivity index is 2.24. The largest absolute Gasteiger partial charge is 0.459 e. The minimum atomic E-state index is -0.763. The summed E-state index contributed by atoms with van der Waals surface area (Å²) in [5.41, 5.74) is 4.47. The molecular formula is C17H23N5O5. The van der Waals surface area contributed by atoms with Crippen LogP contribution in [0.4, 0.5) is 11.5 Å². The third-order valence-corrected chi connectivity index (χ3v) is 4.11. The third-order valence-electron chi connectivity index (χ3n) is 4.11. The second-order valence-electron chi connectivity index (χ2n) is 6.09. The highest BCUT2D eigenvalue weighted by Crippen LogP contribution is 2.16. The molecule has 2 aromatic rings. The van der Waals surface area contributed by atoms with Crippen molar-refractivity contribution >= 4 is 23.3 Å². The van der Waals surface area contributed by atoms with Crippen LogP contribution >= 0.6 is 0 Å². The smallest absolute Gasteiger partial charge is 0.330 e. The summed E-state index contributed by atoms with van der Waals surface area (Å²) in [5.74, 6) is -1.02. The second kappa shape index (κ2) is 8.39. The van der Waals surface area contributed by atoms with E-state index >= 15 is 0 Å². The number of nitrogens with zero attached hydrogens (tertiary/aromatic N) is 3. The quantitative estimate of drug-likeness (QED) is 0.710. The van der Waals surface area contributed by atoms with E-state index in [1.54, 1.807) is 6.07 Å². The molecule has 2 heterocycles. The Kier molecular flexibility index (Phi) is 6.22. The third kappa shape index (κ3) is 4.27. The van der Waals surface area contributed by atoms with E-state index < -0.39 is 23.1 Å². The predicted octanol–water partition coefficient (Wildman–Crippen LogP) is 0.247. The Bertz CT molecular complexity index is 928. The number of nitrogens with two attached hydrogens (primary N) is 1. The van der Waals surface area contributed by atoms with E-state index in [-0.39, 0.29) is 23.8 Å². The van der Waals surface area contributed by atoms with Crippen molar-refractivity contribution in [3.63, 3.8) is 0 Å². The fourth-order valence-electron chi connectivity index (χ4n) is 2.53. The fourth-order valence-corrected chi connectivity index (χ4v) is 2.53. The number of carbonyl (C=O) groups is 2. The molecule has 0 atom stereocenters. The normalized spacial score (nSPS) is 10.6. The van der Waals surface area contributed by atoms with E-state index in [0.29, 0.717) is 13.0 Å². The Morgan fingerprint density at radius 2 is 2.00 bits per heavy atom. The number of unbranched alkanes of at least 4 members (excludes halogenated alkanes) is 1. The lowest BCUT2D eigenvalue weighted by Crippen LogP contribution is -2.43. The summed E-state index contributed by atoms with van der Waals surface area (Å²) >= 11 is 0. The number of furan rings is 1. The van der Waals surface area contributed by atoms with Gasteiger partial charge in [0.1, 0.15) is 12.4 Å².